The molecule has 0 saturated heterocycles. The summed E-state index contributed by atoms with van der Waals surface area (Å²) in [6.07, 6.45) is 2.31. The Morgan fingerprint density at radius 3 is 2.62 bits per heavy atom. The number of unbranched alkanes of at least 4 members (excludes halogenated alkanes) is 2. The summed E-state index contributed by atoms with van der Waals surface area (Å²) >= 11 is 3.25. The molecule has 0 amide bonds. The Morgan fingerprint density at radius 1 is 1.21 bits per heavy atom. The van der Waals surface area contributed by atoms with Crippen LogP contribution in [0.15, 0.2) is 39.3 Å². The van der Waals surface area contributed by atoms with Gasteiger partial charge in [0.25, 0.3) is 0 Å². The zero-order valence-electron chi connectivity index (χ0n) is 16.8. The SMILES string of the molecule is Cc1sc(SCCCCCF)c2c(NP(C)(=O)c3ccccc3)nc(=O)n-2c1C. The van der Waals surface area contributed by atoms with Gasteiger partial charge in [-0.25, -0.2) is 4.79 Å². The third-order valence-electron chi connectivity index (χ3n) is 4.71. The van der Waals surface area contributed by atoms with Crippen molar-refractivity contribution in [3.05, 3.63) is 51.4 Å². The normalized spacial score (nSPS) is 13.5. The van der Waals surface area contributed by atoms with Gasteiger partial charge in [0.15, 0.2) is 13.1 Å². The Hall–Kier alpha value is -1.63. The van der Waals surface area contributed by atoms with Gasteiger partial charge in [0.2, 0.25) is 0 Å². The van der Waals surface area contributed by atoms with Crippen molar-refractivity contribution < 1.29 is 8.96 Å². The van der Waals surface area contributed by atoms with Gasteiger partial charge in [0.1, 0.15) is 5.69 Å². The first-order valence-electron chi connectivity index (χ1n) is 9.48. The van der Waals surface area contributed by atoms with Gasteiger partial charge >= 0.3 is 5.69 Å². The average molecular weight is 454 g/mol. The van der Waals surface area contributed by atoms with Crippen LogP contribution < -0.4 is 16.1 Å². The summed E-state index contributed by atoms with van der Waals surface area (Å²) in [5.41, 5.74) is 1.14. The van der Waals surface area contributed by atoms with E-state index < -0.39 is 7.29 Å². The van der Waals surface area contributed by atoms with Crippen LogP contribution in [0.1, 0.15) is 29.8 Å². The van der Waals surface area contributed by atoms with Crippen molar-refractivity contribution in [3.8, 4) is 5.69 Å². The summed E-state index contributed by atoms with van der Waals surface area (Å²) in [5.74, 6) is 1.19. The maximum Gasteiger partial charge on any atom is 0.354 e. The van der Waals surface area contributed by atoms with Crippen molar-refractivity contribution in [2.24, 2.45) is 0 Å². The number of nitrogens with zero attached hydrogens (tertiary/aromatic N) is 2. The van der Waals surface area contributed by atoms with E-state index in [0.717, 1.165) is 33.4 Å². The van der Waals surface area contributed by atoms with E-state index in [2.05, 4.69) is 10.1 Å². The van der Waals surface area contributed by atoms with Crippen molar-refractivity contribution in [3.63, 3.8) is 0 Å². The molecule has 5 nitrogen and oxygen atoms in total. The summed E-state index contributed by atoms with van der Waals surface area (Å²) in [7, 11) is -2.96. The van der Waals surface area contributed by atoms with Crippen molar-refractivity contribution in [1.29, 1.82) is 0 Å². The Labute approximate surface area is 178 Å². The lowest BCUT2D eigenvalue weighted by atomic mass is 10.3. The van der Waals surface area contributed by atoms with Crippen molar-refractivity contribution in [2.75, 3.05) is 24.2 Å². The van der Waals surface area contributed by atoms with Gasteiger partial charge in [-0.3, -0.25) is 13.5 Å². The molecule has 2 aliphatic heterocycles. The standard InChI is InChI=1S/C20H25FN3O2PS2/c1-14-15(2)29-19(28-13-9-5-8-12-21)17-18(22-20(25)24(14)17)23-27(3,26)16-10-6-4-7-11-16/h4,6-7,10-11H,5,8-9,12-13H2,1-3H3,(H,22,23,25,26). The summed E-state index contributed by atoms with van der Waals surface area (Å²) in [5, 5.41) is 3.75. The molecule has 1 aromatic rings. The molecule has 0 aliphatic carbocycles. The second-order valence-electron chi connectivity index (χ2n) is 6.93. The quantitative estimate of drug-likeness (QED) is 0.273. The minimum atomic E-state index is -2.96. The highest BCUT2D eigenvalue weighted by Gasteiger charge is 2.27. The number of fused-ring (bicyclic) bond motifs is 1. The predicted octanol–water partition coefficient (Wildman–Crippen LogP) is 5.23. The first kappa shape index (κ1) is 22.1. The summed E-state index contributed by atoms with van der Waals surface area (Å²) in [4.78, 5) is 17.9. The second-order valence-corrected chi connectivity index (χ2v) is 12.1. The minimum Gasteiger partial charge on any atom is -0.316 e. The van der Waals surface area contributed by atoms with E-state index in [9.17, 15) is 13.8 Å². The van der Waals surface area contributed by atoms with E-state index in [0.29, 0.717) is 23.2 Å². The van der Waals surface area contributed by atoms with Crippen molar-refractivity contribution >= 4 is 41.5 Å². The molecule has 1 atom stereocenters. The van der Waals surface area contributed by atoms with Gasteiger partial charge in [-0.15, -0.1) is 23.1 Å². The van der Waals surface area contributed by atoms with Gasteiger partial charge in [0.05, 0.1) is 10.9 Å². The average Bonchev–Trinajstić information content (AvgIpc) is 3.01. The molecule has 9 heteroatoms. The van der Waals surface area contributed by atoms with Crippen LogP contribution in [0.2, 0.25) is 0 Å². The van der Waals surface area contributed by atoms with Crippen LogP contribution in [0.4, 0.5) is 10.2 Å². The number of rotatable bonds is 9. The van der Waals surface area contributed by atoms with Gasteiger partial charge in [0, 0.05) is 22.5 Å². The molecule has 1 aromatic carbocycles. The van der Waals surface area contributed by atoms with Crippen molar-refractivity contribution in [2.45, 2.75) is 37.3 Å². The molecule has 156 valence electrons. The number of hydrogen-bond acceptors (Lipinski definition) is 5. The monoisotopic (exact) mass is 453 g/mol. The van der Waals surface area contributed by atoms with Crippen LogP contribution in [0, 0.1) is 13.8 Å². The first-order valence-corrected chi connectivity index (χ1v) is 13.4. The molecule has 2 heterocycles. The highest BCUT2D eigenvalue weighted by atomic mass is 32.2. The van der Waals surface area contributed by atoms with E-state index in [1.54, 1.807) is 34.3 Å². The number of imidazole rings is 1. The van der Waals surface area contributed by atoms with Crippen LogP contribution in [0.25, 0.3) is 5.69 Å². The topological polar surface area (TPSA) is 64.0 Å². The van der Waals surface area contributed by atoms with E-state index in [-0.39, 0.29) is 12.4 Å². The molecular weight excluding hydrogens is 428 g/mol. The summed E-state index contributed by atoms with van der Waals surface area (Å²) < 4.78 is 28.2. The maximum absolute atomic E-state index is 13.3. The van der Waals surface area contributed by atoms with Crippen molar-refractivity contribution in [1.82, 2.24) is 9.55 Å². The van der Waals surface area contributed by atoms with Crippen LogP contribution in [-0.4, -0.2) is 28.6 Å². The van der Waals surface area contributed by atoms with Crippen LogP contribution >= 0.6 is 30.4 Å². The highest BCUT2D eigenvalue weighted by Crippen LogP contribution is 2.44. The van der Waals surface area contributed by atoms with Crippen LogP contribution in [0.3, 0.4) is 0 Å². The molecule has 29 heavy (non-hydrogen) atoms. The van der Waals surface area contributed by atoms with E-state index in [4.69, 9.17) is 0 Å². The lowest BCUT2D eigenvalue weighted by Crippen LogP contribution is -2.17. The number of anilines is 1. The molecule has 0 aromatic heterocycles. The molecule has 0 spiro atoms. The van der Waals surface area contributed by atoms with E-state index in [1.165, 1.54) is 0 Å². The smallest absolute Gasteiger partial charge is 0.316 e. The molecule has 1 unspecified atom stereocenters. The number of alkyl halides is 1. The fourth-order valence-electron chi connectivity index (χ4n) is 3.01. The number of halogens is 1. The predicted molar refractivity (Wildman–Crippen MR) is 122 cm³/mol. The number of thioether (sulfide) groups is 1. The molecule has 3 rings (SSSR count). The number of aromatic nitrogens is 2. The van der Waals surface area contributed by atoms with Crippen LogP contribution in [0.5, 0.6) is 0 Å². The van der Waals surface area contributed by atoms with Gasteiger partial charge in [-0.1, -0.05) is 24.6 Å². The fraction of sp³-hybridized carbons (Fsp3) is 0.400. The Bertz CT molecular complexity index is 1050. The maximum atomic E-state index is 13.3. The fourth-order valence-corrected chi connectivity index (χ4v) is 6.96. The summed E-state index contributed by atoms with van der Waals surface area (Å²) in [6.45, 7) is 5.23. The third kappa shape index (κ3) is 4.93. The van der Waals surface area contributed by atoms with Crippen LogP contribution in [-0.2, 0) is 4.57 Å². The molecular formula is C20H25FN3O2PS2. The second kappa shape index (κ2) is 9.45. The van der Waals surface area contributed by atoms with Gasteiger partial charge in [-0.2, -0.15) is 4.98 Å². The number of benzene rings is 1. The molecule has 0 fully saturated rings. The number of nitrogens with one attached hydrogen (secondary N) is 1. The van der Waals surface area contributed by atoms with E-state index >= 15 is 0 Å². The largest absolute Gasteiger partial charge is 0.354 e. The zero-order valence-corrected chi connectivity index (χ0v) is 19.3. The highest BCUT2D eigenvalue weighted by molar-refractivity contribution is 8.01. The molecule has 0 bridgehead atoms. The first-order chi connectivity index (χ1) is 13.8. The van der Waals surface area contributed by atoms with Gasteiger partial charge < -0.3 is 5.09 Å². The lowest BCUT2D eigenvalue weighted by molar-refractivity contribution is 0.460. The zero-order chi connectivity index (χ0) is 21.0. The van der Waals surface area contributed by atoms with E-state index in [1.807, 2.05) is 44.2 Å². The Morgan fingerprint density at radius 2 is 1.93 bits per heavy atom. The molecule has 2 aliphatic rings. The molecule has 0 saturated carbocycles. The molecule has 1 N–H and O–H groups in total. The lowest BCUT2D eigenvalue weighted by Gasteiger charge is -2.19. The summed E-state index contributed by atoms with van der Waals surface area (Å²) in [6, 6.07) is 9.17. The molecule has 0 radical (unpaired) electrons. The minimum absolute atomic E-state index is 0.289. The Balaban J connectivity index is 1.98. The third-order valence-corrected chi connectivity index (χ3v) is 9.16. The number of aryl methyl sites for hydroxylation is 1. The Kier molecular flexibility index (Phi) is 7.19. The van der Waals surface area contributed by atoms with Gasteiger partial charge in [-0.05, 0) is 44.6 Å². The number of hydrogen-bond donors (Lipinski definition) is 1.